The predicted octanol–water partition coefficient (Wildman–Crippen LogP) is 4.85. The summed E-state index contributed by atoms with van der Waals surface area (Å²) < 4.78 is 39.5. The number of ether oxygens (including phenoxy) is 2. The van der Waals surface area contributed by atoms with Crippen molar-refractivity contribution in [2.45, 2.75) is 31.7 Å². The van der Waals surface area contributed by atoms with Crippen LogP contribution in [0, 0.1) is 0 Å². The summed E-state index contributed by atoms with van der Waals surface area (Å²) in [5, 5.41) is 1.64. The number of carbonyl (C=O) groups excluding carboxylic acids is 2. The lowest BCUT2D eigenvalue weighted by Crippen LogP contribution is -2.32. The second-order valence-electron chi connectivity index (χ2n) is 8.96. The maximum Gasteiger partial charge on any atom is 0.264 e. The lowest BCUT2D eigenvalue weighted by atomic mass is 9.99. The summed E-state index contributed by atoms with van der Waals surface area (Å²) in [6.07, 6.45) is -0.235. The minimum Gasteiger partial charge on any atom is -0.493 e. The van der Waals surface area contributed by atoms with Gasteiger partial charge in [-0.25, -0.2) is 13.1 Å². The van der Waals surface area contributed by atoms with Crippen LogP contribution >= 0.6 is 0 Å². The van der Waals surface area contributed by atoms with Gasteiger partial charge in [0.2, 0.25) is 5.91 Å². The summed E-state index contributed by atoms with van der Waals surface area (Å²) in [6, 6.07) is 22.3. The van der Waals surface area contributed by atoms with E-state index in [1.165, 1.54) is 12.1 Å². The number of carbonyl (C=O) groups is 2. The van der Waals surface area contributed by atoms with Crippen molar-refractivity contribution in [3.05, 3.63) is 95.6 Å². The fourth-order valence-corrected chi connectivity index (χ4v) is 5.91. The first-order chi connectivity index (χ1) is 18.9. The summed E-state index contributed by atoms with van der Waals surface area (Å²) in [6.45, 7) is 4.78. The topological polar surface area (TPSA) is 102 Å². The van der Waals surface area contributed by atoms with Gasteiger partial charge in [-0.3, -0.25) is 9.59 Å². The highest BCUT2D eigenvalue weighted by Gasteiger charge is 2.37. The number of sulfonamides is 1. The van der Waals surface area contributed by atoms with Gasteiger partial charge < -0.3 is 14.4 Å². The molecule has 1 N–H and O–H groups in total. The van der Waals surface area contributed by atoms with Crippen molar-refractivity contribution < 1.29 is 27.5 Å². The van der Waals surface area contributed by atoms with E-state index in [0.29, 0.717) is 41.5 Å². The lowest BCUT2D eigenvalue weighted by Gasteiger charge is -2.20. The van der Waals surface area contributed by atoms with Crippen LogP contribution in [0.5, 0.6) is 11.5 Å². The van der Waals surface area contributed by atoms with Crippen LogP contribution in [0.25, 0.3) is 10.8 Å². The van der Waals surface area contributed by atoms with E-state index in [-0.39, 0.29) is 23.8 Å². The summed E-state index contributed by atoms with van der Waals surface area (Å²) in [5.41, 5.74) is 2.18. The second kappa shape index (κ2) is 10.8. The van der Waals surface area contributed by atoms with Crippen LogP contribution in [0.4, 0.5) is 5.69 Å². The van der Waals surface area contributed by atoms with Crippen molar-refractivity contribution in [3.8, 4) is 11.5 Å². The monoisotopic (exact) mass is 544 g/mol. The molecule has 0 bridgehead atoms. The molecule has 39 heavy (non-hydrogen) atoms. The highest BCUT2D eigenvalue weighted by atomic mass is 32.2. The number of anilines is 1. The van der Waals surface area contributed by atoms with Crippen molar-refractivity contribution in [1.82, 2.24) is 4.72 Å². The molecule has 0 spiro atoms. The minimum absolute atomic E-state index is 0.00391. The molecule has 2 amide bonds. The second-order valence-corrected chi connectivity index (χ2v) is 10.6. The first-order valence-electron chi connectivity index (χ1n) is 12.7. The summed E-state index contributed by atoms with van der Waals surface area (Å²) in [5.74, 6) is 0.158. The smallest absolute Gasteiger partial charge is 0.264 e. The van der Waals surface area contributed by atoms with Crippen molar-refractivity contribution in [2.24, 2.45) is 0 Å². The zero-order valence-corrected chi connectivity index (χ0v) is 22.5. The molecule has 4 aromatic rings. The van der Waals surface area contributed by atoms with E-state index < -0.39 is 15.9 Å². The molecular formula is C30H28N2O6S. The third kappa shape index (κ3) is 4.93. The molecule has 0 unspecified atom stereocenters. The molecule has 0 atom stereocenters. The Balaban J connectivity index is 1.51. The van der Waals surface area contributed by atoms with Crippen LogP contribution in [-0.4, -0.2) is 33.4 Å². The predicted molar refractivity (Wildman–Crippen MR) is 149 cm³/mol. The zero-order chi connectivity index (χ0) is 27.6. The number of rotatable bonds is 9. The van der Waals surface area contributed by atoms with E-state index in [1.54, 1.807) is 47.4 Å². The number of hydrogen-bond acceptors (Lipinski definition) is 6. The standard InChI is InChI=1S/C30H28N2O6S/c1-3-37-28-22-15-9-10-16-23(22)29(38-4-2)27-24(28)19-32(30(27)34)25-17-11-8-12-20(25)18-26(33)31-39(35,36)21-13-6-5-7-14-21/h5-17H,3-4,18-19H2,1-2H3,(H,31,33). The number of benzene rings is 4. The Morgan fingerprint density at radius 2 is 1.44 bits per heavy atom. The van der Waals surface area contributed by atoms with Gasteiger partial charge in [0.25, 0.3) is 15.9 Å². The average Bonchev–Trinajstić information content (AvgIpc) is 3.27. The quantitative estimate of drug-likeness (QED) is 0.323. The Bertz CT molecular complexity index is 1670. The van der Waals surface area contributed by atoms with E-state index in [0.717, 1.165) is 16.3 Å². The highest BCUT2D eigenvalue weighted by molar-refractivity contribution is 7.90. The molecular weight excluding hydrogens is 516 g/mol. The first kappa shape index (κ1) is 26.2. The average molecular weight is 545 g/mol. The molecule has 1 aliphatic rings. The molecule has 1 aliphatic heterocycles. The number of para-hydroxylation sites is 1. The molecule has 0 aromatic heterocycles. The van der Waals surface area contributed by atoms with Gasteiger partial charge in [0.15, 0.2) is 0 Å². The molecule has 0 fully saturated rings. The molecule has 0 radical (unpaired) electrons. The van der Waals surface area contributed by atoms with Crippen LogP contribution in [0.1, 0.15) is 35.3 Å². The van der Waals surface area contributed by atoms with E-state index in [4.69, 9.17) is 9.47 Å². The maximum absolute atomic E-state index is 13.9. The Kier molecular flexibility index (Phi) is 7.26. The number of hydrogen-bond donors (Lipinski definition) is 1. The van der Waals surface area contributed by atoms with Gasteiger partial charge >= 0.3 is 0 Å². The molecule has 4 aromatic carbocycles. The van der Waals surface area contributed by atoms with Crippen molar-refractivity contribution in [1.29, 1.82) is 0 Å². The van der Waals surface area contributed by atoms with Gasteiger partial charge in [-0.1, -0.05) is 60.7 Å². The van der Waals surface area contributed by atoms with Crippen LogP contribution in [0.3, 0.4) is 0 Å². The van der Waals surface area contributed by atoms with Gasteiger partial charge in [-0.15, -0.1) is 0 Å². The Morgan fingerprint density at radius 3 is 2.13 bits per heavy atom. The zero-order valence-electron chi connectivity index (χ0n) is 21.6. The molecule has 0 aliphatic carbocycles. The fraction of sp³-hybridized carbons (Fsp3) is 0.200. The van der Waals surface area contributed by atoms with Crippen molar-refractivity contribution >= 4 is 38.3 Å². The number of fused-ring (bicyclic) bond motifs is 2. The van der Waals surface area contributed by atoms with Crippen LogP contribution in [-0.2, 0) is 27.8 Å². The molecule has 8 nitrogen and oxygen atoms in total. The summed E-state index contributed by atoms with van der Waals surface area (Å²) >= 11 is 0. The van der Waals surface area contributed by atoms with Crippen LogP contribution < -0.4 is 19.1 Å². The largest absolute Gasteiger partial charge is 0.493 e. The molecule has 0 saturated heterocycles. The normalized spacial score (nSPS) is 12.9. The number of nitrogens with zero attached hydrogens (tertiary/aromatic N) is 1. The minimum atomic E-state index is -4.03. The lowest BCUT2D eigenvalue weighted by molar-refractivity contribution is -0.118. The van der Waals surface area contributed by atoms with Crippen molar-refractivity contribution in [2.75, 3.05) is 18.1 Å². The third-order valence-electron chi connectivity index (χ3n) is 6.51. The molecule has 1 heterocycles. The first-order valence-corrected chi connectivity index (χ1v) is 14.2. The Morgan fingerprint density at radius 1 is 0.846 bits per heavy atom. The number of amides is 2. The Hall–Kier alpha value is -4.37. The van der Waals surface area contributed by atoms with E-state index in [9.17, 15) is 18.0 Å². The highest BCUT2D eigenvalue weighted by Crippen LogP contribution is 2.46. The van der Waals surface area contributed by atoms with Gasteiger partial charge in [0, 0.05) is 22.0 Å². The van der Waals surface area contributed by atoms with Crippen molar-refractivity contribution in [3.63, 3.8) is 0 Å². The third-order valence-corrected chi connectivity index (χ3v) is 7.90. The molecule has 5 rings (SSSR count). The van der Waals surface area contributed by atoms with Gasteiger partial charge in [-0.05, 0) is 37.6 Å². The number of nitrogens with one attached hydrogen (secondary N) is 1. The van der Waals surface area contributed by atoms with Crippen LogP contribution in [0.15, 0.2) is 83.8 Å². The van der Waals surface area contributed by atoms with E-state index in [1.807, 2.05) is 38.1 Å². The molecule has 0 saturated carbocycles. The summed E-state index contributed by atoms with van der Waals surface area (Å²) in [4.78, 5) is 28.4. The SMILES string of the molecule is CCOc1c2c(c(OCC)c3ccccc13)C(=O)N(c1ccccc1CC(=O)NS(=O)(=O)c1ccccc1)C2. The van der Waals surface area contributed by atoms with Gasteiger partial charge in [0.1, 0.15) is 11.5 Å². The molecule has 9 heteroatoms. The van der Waals surface area contributed by atoms with E-state index in [2.05, 4.69) is 4.72 Å². The fourth-order valence-electron chi connectivity index (χ4n) is 4.91. The molecule has 200 valence electrons. The van der Waals surface area contributed by atoms with E-state index >= 15 is 0 Å². The van der Waals surface area contributed by atoms with Gasteiger partial charge in [-0.2, -0.15) is 0 Å². The Labute approximate surface area is 227 Å². The summed E-state index contributed by atoms with van der Waals surface area (Å²) in [7, 11) is -4.03. The van der Waals surface area contributed by atoms with Gasteiger partial charge in [0.05, 0.1) is 36.6 Å². The maximum atomic E-state index is 13.9. The van der Waals surface area contributed by atoms with Crippen LogP contribution in [0.2, 0.25) is 0 Å².